The van der Waals surface area contributed by atoms with E-state index in [0.29, 0.717) is 6.04 Å². The van der Waals surface area contributed by atoms with Gasteiger partial charge in [-0.2, -0.15) is 0 Å². The van der Waals surface area contributed by atoms with E-state index in [-0.39, 0.29) is 0 Å². The van der Waals surface area contributed by atoms with E-state index >= 15 is 0 Å². The van der Waals surface area contributed by atoms with Gasteiger partial charge < -0.3 is 0 Å². The lowest BCUT2D eigenvalue weighted by atomic mass is 10.1. The van der Waals surface area contributed by atoms with E-state index in [9.17, 15) is 0 Å². The predicted octanol–water partition coefficient (Wildman–Crippen LogP) is 6.77. The van der Waals surface area contributed by atoms with E-state index in [1.165, 1.54) is 20.9 Å². The fourth-order valence-electron chi connectivity index (χ4n) is 3.14. The smallest absolute Gasteiger partial charge is 0.176 e. The molecule has 0 bridgehead atoms. The number of hydrogen-bond donors (Lipinski definition) is 0. The highest BCUT2D eigenvalue weighted by atomic mass is 32.2. The van der Waals surface area contributed by atoms with Gasteiger partial charge in [-0.25, -0.2) is 4.57 Å². The summed E-state index contributed by atoms with van der Waals surface area (Å²) in [4.78, 5) is 2.65. The van der Waals surface area contributed by atoms with Gasteiger partial charge in [0.05, 0.1) is 11.5 Å². The lowest BCUT2D eigenvalue weighted by molar-refractivity contribution is -0.713. The third-order valence-electron chi connectivity index (χ3n) is 4.75. The molecule has 0 aliphatic carbocycles. The zero-order valence-corrected chi connectivity index (χ0v) is 17.9. The van der Waals surface area contributed by atoms with E-state index in [4.69, 9.17) is 0 Å². The minimum absolute atomic E-state index is 0.412. The Labute approximate surface area is 181 Å². The molecular weight excluding hydrogens is 390 g/mol. The van der Waals surface area contributed by atoms with Gasteiger partial charge in [0.1, 0.15) is 0 Å². The maximum absolute atomic E-state index is 2.36. The van der Waals surface area contributed by atoms with Crippen molar-refractivity contribution in [2.45, 2.75) is 15.8 Å². The highest BCUT2D eigenvalue weighted by Gasteiger charge is 2.19. The van der Waals surface area contributed by atoms with Crippen LogP contribution < -0.4 is 4.57 Å². The Bertz CT molecular complexity index is 944. The topological polar surface area (TPSA) is 3.88 Å². The van der Waals surface area contributed by atoms with Crippen molar-refractivity contribution >= 4 is 23.5 Å². The van der Waals surface area contributed by atoms with Crippen LogP contribution in [0.2, 0.25) is 0 Å². The molecule has 0 aliphatic heterocycles. The molecule has 0 N–H and O–H groups in total. The minimum atomic E-state index is 0.412. The average molecular weight is 415 g/mol. The molecule has 0 unspecified atom stereocenters. The molecule has 1 nitrogen and oxygen atoms in total. The standard InChI is InChI=1S/C26H24NS2/c1-4-10-22(11-5-1)23-16-18-27(19-17-23)24(20-28-25-12-6-2-7-13-25)21-29-26-14-8-3-9-15-26/h1-19,24H,20-21H2/q+1. The first kappa shape index (κ1) is 19.8. The molecule has 1 aromatic heterocycles. The predicted molar refractivity (Wildman–Crippen MR) is 125 cm³/mol. The minimum Gasteiger partial charge on any atom is -0.201 e. The first-order chi connectivity index (χ1) is 14.4. The van der Waals surface area contributed by atoms with Crippen LogP contribution in [-0.4, -0.2) is 11.5 Å². The first-order valence-electron chi connectivity index (χ1n) is 9.80. The molecule has 0 radical (unpaired) electrons. The van der Waals surface area contributed by atoms with Crippen molar-refractivity contribution in [3.63, 3.8) is 0 Å². The Hall–Kier alpha value is -2.49. The van der Waals surface area contributed by atoms with Gasteiger partial charge in [-0.3, -0.25) is 0 Å². The number of aromatic nitrogens is 1. The van der Waals surface area contributed by atoms with Gasteiger partial charge in [-0.1, -0.05) is 66.7 Å². The zero-order chi connectivity index (χ0) is 19.7. The van der Waals surface area contributed by atoms with Gasteiger partial charge in [-0.15, -0.1) is 23.5 Å². The van der Waals surface area contributed by atoms with Gasteiger partial charge in [0.15, 0.2) is 18.4 Å². The van der Waals surface area contributed by atoms with Crippen LogP contribution in [0.4, 0.5) is 0 Å². The molecule has 4 aromatic rings. The molecule has 0 fully saturated rings. The quantitative estimate of drug-likeness (QED) is 0.231. The largest absolute Gasteiger partial charge is 0.201 e. The van der Waals surface area contributed by atoms with Gasteiger partial charge in [0.2, 0.25) is 0 Å². The van der Waals surface area contributed by atoms with Crippen LogP contribution >= 0.6 is 23.5 Å². The van der Waals surface area contributed by atoms with Crippen molar-refractivity contribution in [2.24, 2.45) is 0 Å². The number of thioether (sulfide) groups is 2. The second kappa shape index (κ2) is 10.3. The number of hydrogen-bond acceptors (Lipinski definition) is 2. The third kappa shape index (κ3) is 5.75. The maximum Gasteiger partial charge on any atom is 0.176 e. The molecule has 29 heavy (non-hydrogen) atoms. The molecule has 3 aromatic carbocycles. The Balaban J connectivity index is 1.50. The summed E-state index contributed by atoms with van der Waals surface area (Å²) in [5, 5.41) is 0. The summed E-state index contributed by atoms with van der Waals surface area (Å²) < 4.78 is 2.36. The molecule has 4 rings (SSSR count). The summed E-state index contributed by atoms with van der Waals surface area (Å²) in [5.74, 6) is 2.08. The van der Waals surface area contributed by atoms with Crippen LogP contribution in [-0.2, 0) is 0 Å². The van der Waals surface area contributed by atoms with Crippen molar-refractivity contribution in [1.82, 2.24) is 0 Å². The number of pyridine rings is 1. The van der Waals surface area contributed by atoms with E-state index in [0.717, 1.165) is 11.5 Å². The summed E-state index contributed by atoms with van der Waals surface area (Å²) in [7, 11) is 0. The zero-order valence-electron chi connectivity index (χ0n) is 16.2. The fourth-order valence-corrected chi connectivity index (χ4v) is 5.34. The van der Waals surface area contributed by atoms with Crippen molar-refractivity contribution in [2.75, 3.05) is 11.5 Å². The number of nitrogens with zero attached hydrogens (tertiary/aromatic N) is 1. The van der Waals surface area contributed by atoms with Crippen LogP contribution in [0.5, 0.6) is 0 Å². The van der Waals surface area contributed by atoms with Crippen molar-refractivity contribution < 1.29 is 4.57 Å². The van der Waals surface area contributed by atoms with Gasteiger partial charge in [-0.05, 0) is 35.4 Å². The van der Waals surface area contributed by atoms with Crippen LogP contribution in [0.1, 0.15) is 6.04 Å². The SMILES string of the molecule is c1ccc(SCC(CSc2ccccc2)[n+]2ccc(-c3ccccc3)cc2)cc1. The normalized spacial score (nSPS) is 10.9. The fraction of sp³-hybridized carbons (Fsp3) is 0.115. The van der Waals surface area contributed by atoms with Gasteiger partial charge in [0, 0.05) is 21.9 Å². The molecule has 144 valence electrons. The molecule has 0 saturated heterocycles. The molecule has 0 saturated carbocycles. The van der Waals surface area contributed by atoms with Crippen molar-refractivity contribution in [3.05, 3.63) is 116 Å². The van der Waals surface area contributed by atoms with E-state index in [1.807, 2.05) is 23.5 Å². The molecule has 3 heteroatoms. The second-order valence-corrected chi connectivity index (χ2v) is 8.99. The number of rotatable bonds is 8. The lowest BCUT2D eigenvalue weighted by Crippen LogP contribution is -2.41. The number of benzene rings is 3. The van der Waals surface area contributed by atoms with Crippen molar-refractivity contribution in [1.29, 1.82) is 0 Å². The summed E-state index contributed by atoms with van der Waals surface area (Å²) in [6.45, 7) is 0. The summed E-state index contributed by atoms with van der Waals surface area (Å²) in [6.07, 6.45) is 4.45. The summed E-state index contributed by atoms with van der Waals surface area (Å²) in [6, 6.07) is 36.8. The molecule has 0 aliphatic rings. The summed E-state index contributed by atoms with van der Waals surface area (Å²) >= 11 is 3.85. The van der Waals surface area contributed by atoms with Crippen molar-refractivity contribution in [3.8, 4) is 11.1 Å². The monoisotopic (exact) mass is 414 g/mol. The van der Waals surface area contributed by atoms with Crippen LogP contribution in [0.25, 0.3) is 11.1 Å². The Morgan fingerprint density at radius 3 is 1.41 bits per heavy atom. The Morgan fingerprint density at radius 1 is 0.517 bits per heavy atom. The van der Waals surface area contributed by atoms with E-state index in [1.54, 1.807) is 0 Å². The highest BCUT2D eigenvalue weighted by molar-refractivity contribution is 8.00. The lowest BCUT2D eigenvalue weighted by Gasteiger charge is -2.13. The molecule has 0 spiro atoms. The Kier molecular flexibility index (Phi) is 7.06. The van der Waals surface area contributed by atoms with Gasteiger partial charge in [0.25, 0.3) is 0 Å². The van der Waals surface area contributed by atoms with Gasteiger partial charge >= 0.3 is 0 Å². The van der Waals surface area contributed by atoms with E-state index in [2.05, 4.69) is 120 Å². The second-order valence-electron chi connectivity index (χ2n) is 6.80. The summed E-state index contributed by atoms with van der Waals surface area (Å²) in [5.41, 5.74) is 2.51. The first-order valence-corrected chi connectivity index (χ1v) is 11.8. The molecule has 0 amide bonds. The third-order valence-corrected chi connectivity index (χ3v) is 7.07. The maximum atomic E-state index is 2.36. The van der Waals surface area contributed by atoms with Crippen LogP contribution in [0, 0.1) is 0 Å². The molecule has 0 atom stereocenters. The Morgan fingerprint density at radius 2 is 0.931 bits per heavy atom. The van der Waals surface area contributed by atoms with Crippen LogP contribution in [0.3, 0.4) is 0 Å². The molecular formula is C26H24NS2+. The highest BCUT2D eigenvalue weighted by Crippen LogP contribution is 2.26. The average Bonchev–Trinajstić information content (AvgIpc) is 2.81. The van der Waals surface area contributed by atoms with Crippen LogP contribution in [0.15, 0.2) is 125 Å². The molecule has 1 heterocycles. The van der Waals surface area contributed by atoms with E-state index < -0.39 is 0 Å².